The highest BCUT2D eigenvalue weighted by Crippen LogP contribution is 2.35. The molecule has 0 bridgehead atoms. The van der Waals surface area contributed by atoms with Gasteiger partial charge in [-0.15, -0.1) is 0 Å². The number of nitrogens with one attached hydrogen (secondary N) is 1. The van der Waals surface area contributed by atoms with Crippen molar-refractivity contribution < 1.29 is 19.8 Å². The number of rotatable bonds is 6. The molecule has 8 heteroatoms. The summed E-state index contributed by atoms with van der Waals surface area (Å²) in [6.45, 7) is 1.52. The molecule has 5 nitrogen and oxygen atoms in total. The number of hydrogen-bond acceptors (Lipinski definition) is 3. The predicted molar refractivity (Wildman–Crippen MR) is 98.0 cm³/mol. The van der Waals surface area contributed by atoms with Gasteiger partial charge in [0.25, 0.3) is 0 Å². The number of carboxylic acids is 2. The summed E-state index contributed by atoms with van der Waals surface area (Å²) in [6, 6.07) is 8.00. The lowest BCUT2D eigenvalue weighted by molar-refractivity contribution is -0.139. The summed E-state index contributed by atoms with van der Waals surface area (Å²) in [5, 5.41) is 22.1. The van der Waals surface area contributed by atoms with Crippen LogP contribution >= 0.6 is 34.8 Å². The maximum absolute atomic E-state index is 11.7. The van der Waals surface area contributed by atoms with Crippen molar-refractivity contribution in [1.82, 2.24) is 0 Å². The van der Waals surface area contributed by atoms with Gasteiger partial charge in [-0.25, -0.2) is 4.79 Å². The summed E-state index contributed by atoms with van der Waals surface area (Å²) in [5.74, 6) is -2.98. The predicted octanol–water partition coefficient (Wildman–Crippen LogP) is 5.07. The molecular formula is C17H14Cl3NO4. The number of hydrogen-bond donors (Lipinski definition) is 3. The molecule has 1 unspecified atom stereocenters. The van der Waals surface area contributed by atoms with E-state index in [9.17, 15) is 14.7 Å². The average Bonchev–Trinajstić information content (AvgIpc) is 2.54. The average molecular weight is 403 g/mol. The third-order valence-corrected chi connectivity index (χ3v) is 4.68. The fourth-order valence-corrected chi connectivity index (χ4v) is 3.05. The van der Waals surface area contributed by atoms with Crippen molar-refractivity contribution in [2.75, 3.05) is 5.32 Å². The van der Waals surface area contributed by atoms with Crippen LogP contribution in [0.15, 0.2) is 36.4 Å². The van der Waals surface area contributed by atoms with Gasteiger partial charge in [0.05, 0.1) is 16.6 Å². The molecular weight excluding hydrogens is 389 g/mol. The smallest absolute Gasteiger partial charge is 0.330 e. The Morgan fingerprint density at radius 2 is 1.56 bits per heavy atom. The van der Waals surface area contributed by atoms with Crippen LogP contribution in [0.3, 0.4) is 0 Å². The first-order valence-electron chi connectivity index (χ1n) is 7.18. The molecule has 2 atom stereocenters. The number of carbonyl (C=O) groups is 2. The molecule has 2 aromatic carbocycles. The SMILES string of the molecule is C[C@H](C(=O)O)c1ccc(Cl)c(NC(C(=O)O)c2c(Cl)cccc2Cl)c1. The zero-order valence-corrected chi connectivity index (χ0v) is 15.2. The van der Waals surface area contributed by atoms with E-state index in [4.69, 9.17) is 39.9 Å². The quantitative estimate of drug-likeness (QED) is 0.628. The standard InChI is InChI=1S/C17H14Cl3NO4/c1-8(16(22)23)9-5-6-10(18)13(7-9)21-15(17(24)25)14-11(19)3-2-4-12(14)20/h2-8,15,21H,1H3,(H,22,23)(H,24,25)/t8-,15?/m0/s1. The van der Waals surface area contributed by atoms with E-state index in [2.05, 4.69) is 5.32 Å². The van der Waals surface area contributed by atoms with Crippen LogP contribution in [-0.4, -0.2) is 22.2 Å². The van der Waals surface area contributed by atoms with Crippen LogP contribution in [0, 0.1) is 0 Å². The molecule has 0 saturated heterocycles. The molecule has 0 spiro atoms. The Labute approximate surface area is 159 Å². The van der Waals surface area contributed by atoms with Crippen molar-refractivity contribution in [3.05, 3.63) is 62.6 Å². The lowest BCUT2D eigenvalue weighted by Gasteiger charge is -2.20. The third-order valence-electron chi connectivity index (χ3n) is 3.70. The van der Waals surface area contributed by atoms with Crippen LogP contribution in [-0.2, 0) is 9.59 Å². The van der Waals surface area contributed by atoms with Gasteiger partial charge in [0.1, 0.15) is 0 Å². The lowest BCUT2D eigenvalue weighted by Crippen LogP contribution is -2.21. The molecule has 0 aliphatic rings. The molecule has 0 aliphatic heterocycles. The first-order chi connectivity index (χ1) is 11.7. The summed E-state index contributed by atoms with van der Waals surface area (Å²) in [4.78, 5) is 22.9. The summed E-state index contributed by atoms with van der Waals surface area (Å²) in [7, 11) is 0. The number of aliphatic carboxylic acids is 2. The number of benzene rings is 2. The Bertz CT molecular complexity index is 805. The van der Waals surface area contributed by atoms with Gasteiger partial charge < -0.3 is 15.5 Å². The molecule has 2 aromatic rings. The number of carboxylic acid groups (broad SMARTS) is 2. The second kappa shape index (κ2) is 7.95. The maximum atomic E-state index is 11.7. The van der Waals surface area contributed by atoms with Gasteiger partial charge in [0, 0.05) is 15.6 Å². The molecule has 0 amide bonds. The molecule has 0 fully saturated rings. The van der Waals surface area contributed by atoms with Crippen molar-refractivity contribution >= 4 is 52.4 Å². The molecule has 0 aliphatic carbocycles. The summed E-state index contributed by atoms with van der Waals surface area (Å²) >= 11 is 18.3. The van der Waals surface area contributed by atoms with Gasteiger partial charge in [-0.3, -0.25) is 4.79 Å². The van der Waals surface area contributed by atoms with Gasteiger partial charge in [0.15, 0.2) is 6.04 Å². The van der Waals surface area contributed by atoms with Gasteiger partial charge in [-0.1, -0.05) is 46.9 Å². The third kappa shape index (κ3) is 4.37. The first kappa shape index (κ1) is 19.4. The topological polar surface area (TPSA) is 86.6 Å². The van der Waals surface area contributed by atoms with E-state index < -0.39 is 23.9 Å². The normalized spacial score (nSPS) is 13.1. The molecule has 0 radical (unpaired) electrons. The second-order valence-electron chi connectivity index (χ2n) is 5.35. The Morgan fingerprint density at radius 1 is 0.960 bits per heavy atom. The zero-order valence-electron chi connectivity index (χ0n) is 13.0. The van der Waals surface area contributed by atoms with E-state index in [0.29, 0.717) is 5.56 Å². The maximum Gasteiger partial charge on any atom is 0.330 e. The van der Waals surface area contributed by atoms with E-state index >= 15 is 0 Å². The van der Waals surface area contributed by atoms with Gasteiger partial charge in [0.2, 0.25) is 0 Å². The second-order valence-corrected chi connectivity index (χ2v) is 6.57. The molecule has 132 valence electrons. The van der Waals surface area contributed by atoms with E-state index in [1.165, 1.54) is 31.2 Å². The monoisotopic (exact) mass is 401 g/mol. The Kier molecular flexibility index (Phi) is 6.16. The Hall–Kier alpha value is -1.95. The summed E-state index contributed by atoms with van der Waals surface area (Å²) in [5.41, 5.74) is 0.954. The van der Waals surface area contributed by atoms with E-state index in [1.807, 2.05) is 0 Å². The Morgan fingerprint density at radius 3 is 2.08 bits per heavy atom. The molecule has 0 heterocycles. The highest BCUT2D eigenvalue weighted by atomic mass is 35.5. The highest BCUT2D eigenvalue weighted by molar-refractivity contribution is 6.36. The van der Waals surface area contributed by atoms with E-state index in [0.717, 1.165) is 0 Å². The largest absolute Gasteiger partial charge is 0.481 e. The zero-order chi connectivity index (χ0) is 18.7. The fourth-order valence-electron chi connectivity index (χ4n) is 2.26. The van der Waals surface area contributed by atoms with Crippen LogP contribution < -0.4 is 5.32 Å². The fraction of sp³-hybridized carbons (Fsp3) is 0.176. The molecule has 3 N–H and O–H groups in total. The van der Waals surface area contributed by atoms with Crippen molar-refractivity contribution in [2.24, 2.45) is 0 Å². The summed E-state index contributed by atoms with van der Waals surface area (Å²) < 4.78 is 0. The number of halogens is 3. The lowest BCUT2D eigenvalue weighted by atomic mass is 10.00. The van der Waals surface area contributed by atoms with Crippen LogP contribution in [0.5, 0.6) is 0 Å². The van der Waals surface area contributed by atoms with Crippen LogP contribution in [0.2, 0.25) is 15.1 Å². The van der Waals surface area contributed by atoms with Crippen LogP contribution in [0.4, 0.5) is 5.69 Å². The number of anilines is 1. The first-order valence-corrected chi connectivity index (χ1v) is 8.31. The Balaban J connectivity index is 2.46. The van der Waals surface area contributed by atoms with E-state index in [1.54, 1.807) is 12.1 Å². The van der Waals surface area contributed by atoms with Gasteiger partial charge in [-0.2, -0.15) is 0 Å². The van der Waals surface area contributed by atoms with Crippen molar-refractivity contribution in [3.63, 3.8) is 0 Å². The molecule has 2 rings (SSSR count). The van der Waals surface area contributed by atoms with E-state index in [-0.39, 0.29) is 26.3 Å². The van der Waals surface area contributed by atoms with Crippen molar-refractivity contribution in [1.29, 1.82) is 0 Å². The minimum absolute atomic E-state index is 0.193. The highest BCUT2D eigenvalue weighted by Gasteiger charge is 2.26. The van der Waals surface area contributed by atoms with Gasteiger partial charge in [-0.05, 0) is 36.8 Å². The van der Waals surface area contributed by atoms with Crippen LogP contribution in [0.1, 0.15) is 30.0 Å². The summed E-state index contributed by atoms with van der Waals surface area (Å²) in [6.07, 6.45) is 0. The minimum Gasteiger partial charge on any atom is -0.481 e. The van der Waals surface area contributed by atoms with Crippen molar-refractivity contribution in [2.45, 2.75) is 18.9 Å². The van der Waals surface area contributed by atoms with Crippen molar-refractivity contribution in [3.8, 4) is 0 Å². The van der Waals surface area contributed by atoms with Crippen LogP contribution in [0.25, 0.3) is 0 Å². The van der Waals surface area contributed by atoms with Gasteiger partial charge >= 0.3 is 11.9 Å². The molecule has 25 heavy (non-hydrogen) atoms. The molecule has 0 saturated carbocycles. The molecule has 0 aromatic heterocycles. The minimum atomic E-state index is -1.26.